The lowest BCUT2D eigenvalue weighted by molar-refractivity contribution is -0.119. The van der Waals surface area contributed by atoms with E-state index in [-0.39, 0.29) is 17.8 Å². The molecule has 0 saturated carbocycles. The van der Waals surface area contributed by atoms with Crippen molar-refractivity contribution in [3.05, 3.63) is 40.6 Å². The Balaban J connectivity index is 1.58. The molecule has 1 aliphatic heterocycles. The average Bonchev–Trinajstić information content (AvgIpc) is 3.02. The van der Waals surface area contributed by atoms with Crippen LogP contribution in [0.5, 0.6) is 0 Å². The molecule has 2 heterocycles. The van der Waals surface area contributed by atoms with Gasteiger partial charge in [0, 0.05) is 17.7 Å². The number of anilines is 1. The zero-order valence-corrected chi connectivity index (χ0v) is 14.8. The van der Waals surface area contributed by atoms with Gasteiger partial charge in [-0.1, -0.05) is 28.1 Å². The second-order valence-corrected chi connectivity index (χ2v) is 6.78. The van der Waals surface area contributed by atoms with E-state index in [0.717, 1.165) is 22.9 Å². The number of hydrogen-bond donors (Lipinski definition) is 2. The quantitative estimate of drug-likeness (QED) is 0.806. The van der Waals surface area contributed by atoms with Gasteiger partial charge in [0.2, 0.25) is 11.9 Å². The van der Waals surface area contributed by atoms with E-state index in [4.69, 9.17) is 10.5 Å². The lowest BCUT2D eigenvalue weighted by Crippen LogP contribution is -2.44. The molecular formula is C16H20BrN5O2. The highest BCUT2D eigenvalue weighted by Gasteiger charge is 2.27. The number of amides is 1. The minimum absolute atomic E-state index is 0.141. The van der Waals surface area contributed by atoms with E-state index in [0.29, 0.717) is 19.8 Å². The summed E-state index contributed by atoms with van der Waals surface area (Å²) in [6, 6.07) is 7.39. The molecule has 24 heavy (non-hydrogen) atoms. The van der Waals surface area contributed by atoms with Crippen molar-refractivity contribution in [3.8, 4) is 0 Å². The molecular weight excluding hydrogens is 374 g/mol. The molecule has 1 aromatic carbocycles. The minimum Gasteiger partial charge on any atom is -0.381 e. The van der Waals surface area contributed by atoms with Crippen molar-refractivity contribution in [2.45, 2.75) is 25.4 Å². The number of nitrogens with zero attached hydrogens (tertiary/aromatic N) is 3. The van der Waals surface area contributed by atoms with E-state index in [1.807, 2.05) is 24.3 Å². The third kappa shape index (κ3) is 4.40. The Bertz CT molecular complexity index is 699. The van der Waals surface area contributed by atoms with Crippen molar-refractivity contribution in [2.24, 2.45) is 11.7 Å². The summed E-state index contributed by atoms with van der Waals surface area (Å²) in [5.74, 6) is 0.169. The Hall–Kier alpha value is -1.77. The van der Waals surface area contributed by atoms with Crippen LogP contribution in [0.2, 0.25) is 0 Å². The van der Waals surface area contributed by atoms with E-state index < -0.39 is 6.04 Å². The van der Waals surface area contributed by atoms with E-state index in [1.165, 1.54) is 0 Å². The van der Waals surface area contributed by atoms with E-state index in [9.17, 15) is 4.79 Å². The molecule has 1 fully saturated rings. The van der Waals surface area contributed by atoms with Crippen molar-refractivity contribution < 1.29 is 9.53 Å². The fraction of sp³-hybridized carbons (Fsp3) is 0.438. The minimum atomic E-state index is -0.564. The number of aromatic nitrogens is 3. The third-order valence-electron chi connectivity index (χ3n) is 4.08. The Kier molecular flexibility index (Phi) is 5.60. The number of ether oxygens (including phenoxy) is 1. The summed E-state index contributed by atoms with van der Waals surface area (Å²) < 4.78 is 7.99. The maximum atomic E-state index is 12.3. The molecule has 1 aliphatic rings. The first-order valence-electron chi connectivity index (χ1n) is 7.90. The number of carbonyl (C=O) groups is 1. The van der Waals surface area contributed by atoms with Crippen LogP contribution in [-0.2, 0) is 16.1 Å². The molecule has 1 saturated heterocycles. The first-order chi connectivity index (χ1) is 11.6. The molecule has 8 heteroatoms. The second-order valence-electron chi connectivity index (χ2n) is 5.86. The SMILES string of the molecule is NC(C(=O)Nc1ncn(Cc2cccc(Br)c2)n1)C1CCOCC1. The summed E-state index contributed by atoms with van der Waals surface area (Å²) in [4.78, 5) is 16.4. The van der Waals surface area contributed by atoms with Crippen LogP contribution in [0, 0.1) is 5.92 Å². The molecule has 2 aromatic rings. The smallest absolute Gasteiger partial charge is 0.248 e. The molecule has 0 spiro atoms. The lowest BCUT2D eigenvalue weighted by atomic mass is 9.92. The number of nitrogens with two attached hydrogens (primary N) is 1. The summed E-state index contributed by atoms with van der Waals surface area (Å²) in [7, 11) is 0. The second kappa shape index (κ2) is 7.87. The van der Waals surface area contributed by atoms with Crippen LogP contribution in [-0.4, -0.2) is 39.9 Å². The summed E-state index contributed by atoms with van der Waals surface area (Å²) in [5, 5.41) is 6.98. The summed E-state index contributed by atoms with van der Waals surface area (Å²) in [6.45, 7) is 1.89. The van der Waals surface area contributed by atoms with Gasteiger partial charge in [-0.25, -0.2) is 9.67 Å². The Labute approximate surface area is 148 Å². The van der Waals surface area contributed by atoms with Gasteiger partial charge >= 0.3 is 0 Å². The van der Waals surface area contributed by atoms with Gasteiger partial charge in [-0.2, -0.15) is 0 Å². The van der Waals surface area contributed by atoms with Gasteiger partial charge in [0.25, 0.3) is 0 Å². The number of benzene rings is 1. The summed E-state index contributed by atoms with van der Waals surface area (Å²) >= 11 is 3.44. The van der Waals surface area contributed by atoms with E-state index in [2.05, 4.69) is 31.3 Å². The molecule has 0 aliphatic carbocycles. The van der Waals surface area contributed by atoms with Gasteiger partial charge in [0.1, 0.15) is 6.33 Å². The predicted molar refractivity (Wildman–Crippen MR) is 93.4 cm³/mol. The zero-order chi connectivity index (χ0) is 16.9. The van der Waals surface area contributed by atoms with Crippen LogP contribution >= 0.6 is 15.9 Å². The van der Waals surface area contributed by atoms with Crippen molar-refractivity contribution in [1.82, 2.24) is 14.8 Å². The normalized spacial score (nSPS) is 16.8. The molecule has 1 amide bonds. The first kappa shape index (κ1) is 17.1. The fourth-order valence-electron chi connectivity index (χ4n) is 2.73. The van der Waals surface area contributed by atoms with Crippen molar-refractivity contribution >= 4 is 27.8 Å². The number of halogens is 1. The number of rotatable bonds is 5. The maximum Gasteiger partial charge on any atom is 0.248 e. The molecule has 1 unspecified atom stereocenters. The Morgan fingerprint density at radius 3 is 3.00 bits per heavy atom. The zero-order valence-electron chi connectivity index (χ0n) is 13.2. The fourth-order valence-corrected chi connectivity index (χ4v) is 3.18. The molecule has 3 N–H and O–H groups in total. The Morgan fingerprint density at radius 2 is 2.25 bits per heavy atom. The van der Waals surface area contributed by atoms with Crippen LogP contribution in [0.3, 0.4) is 0 Å². The molecule has 0 radical (unpaired) electrons. The van der Waals surface area contributed by atoms with Gasteiger partial charge in [0.05, 0.1) is 12.6 Å². The van der Waals surface area contributed by atoms with Crippen molar-refractivity contribution in [2.75, 3.05) is 18.5 Å². The van der Waals surface area contributed by atoms with Gasteiger partial charge < -0.3 is 10.5 Å². The molecule has 1 atom stereocenters. The molecule has 3 rings (SSSR count). The monoisotopic (exact) mass is 393 g/mol. The number of nitrogens with one attached hydrogen (secondary N) is 1. The molecule has 0 bridgehead atoms. The maximum absolute atomic E-state index is 12.3. The highest BCUT2D eigenvalue weighted by molar-refractivity contribution is 9.10. The third-order valence-corrected chi connectivity index (χ3v) is 4.57. The topological polar surface area (TPSA) is 95.1 Å². The first-order valence-corrected chi connectivity index (χ1v) is 8.69. The van der Waals surface area contributed by atoms with Gasteiger partial charge in [-0.15, -0.1) is 5.10 Å². The number of carbonyl (C=O) groups excluding carboxylic acids is 1. The summed E-state index contributed by atoms with van der Waals surface area (Å²) in [6.07, 6.45) is 3.20. The molecule has 7 nitrogen and oxygen atoms in total. The predicted octanol–water partition coefficient (Wildman–Crippen LogP) is 1.78. The van der Waals surface area contributed by atoms with Crippen LogP contribution < -0.4 is 11.1 Å². The van der Waals surface area contributed by atoms with Crippen molar-refractivity contribution in [1.29, 1.82) is 0 Å². The molecule has 1 aromatic heterocycles. The van der Waals surface area contributed by atoms with Gasteiger partial charge in [-0.3, -0.25) is 10.1 Å². The number of hydrogen-bond acceptors (Lipinski definition) is 5. The Morgan fingerprint density at radius 1 is 1.46 bits per heavy atom. The molecule has 128 valence electrons. The lowest BCUT2D eigenvalue weighted by Gasteiger charge is -2.26. The van der Waals surface area contributed by atoms with Crippen LogP contribution in [0.4, 0.5) is 5.95 Å². The van der Waals surface area contributed by atoms with Gasteiger partial charge in [-0.05, 0) is 36.5 Å². The van der Waals surface area contributed by atoms with E-state index >= 15 is 0 Å². The van der Waals surface area contributed by atoms with Crippen molar-refractivity contribution in [3.63, 3.8) is 0 Å². The van der Waals surface area contributed by atoms with Crippen LogP contribution in [0.1, 0.15) is 18.4 Å². The average molecular weight is 394 g/mol. The van der Waals surface area contributed by atoms with Crippen LogP contribution in [0.25, 0.3) is 0 Å². The summed E-state index contributed by atoms with van der Waals surface area (Å²) in [5.41, 5.74) is 7.14. The van der Waals surface area contributed by atoms with Gasteiger partial charge in [0.15, 0.2) is 0 Å². The highest BCUT2D eigenvalue weighted by atomic mass is 79.9. The van der Waals surface area contributed by atoms with E-state index in [1.54, 1.807) is 11.0 Å². The largest absolute Gasteiger partial charge is 0.381 e. The van der Waals surface area contributed by atoms with Crippen LogP contribution in [0.15, 0.2) is 35.1 Å². The standard InChI is InChI=1S/C16H20BrN5O2/c17-13-3-1-2-11(8-13)9-22-10-19-16(21-22)20-15(23)14(18)12-4-6-24-7-5-12/h1-3,8,10,12,14H,4-7,9,18H2,(H,20,21,23). The highest BCUT2D eigenvalue weighted by Crippen LogP contribution is 2.18.